The van der Waals surface area contributed by atoms with Crippen molar-refractivity contribution in [2.24, 2.45) is 0 Å². The van der Waals surface area contributed by atoms with Gasteiger partial charge in [-0.05, 0) is 78.9 Å². The Morgan fingerprint density at radius 3 is 2.15 bits per heavy atom. The summed E-state index contributed by atoms with van der Waals surface area (Å²) in [7, 11) is 1.68. The maximum absolute atomic E-state index is 12.8. The molecule has 0 saturated carbocycles. The van der Waals surface area contributed by atoms with Crippen LogP contribution in [0.4, 0.5) is 11.4 Å². The van der Waals surface area contributed by atoms with E-state index in [1.807, 2.05) is 24.3 Å². The van der Waals surface area contributed by atoms with Crippen LogP contribution in [0, 0.1) is 0 Å². The molecular formula is C28H31N3O2. The molecule has 1 fully saturated rings. The third kappa shape index (κ3) is 4.82. The molecule has 3 aromatic carbocycles. The summed E-state index contributed by atoms with van der Waals surface area (Å²) in [6, 6.07) is 25.1. The number of hydrogen-bond donors (Lipinski definition) is 1. The minimum absolute atomic E-state index is 0.0217. The van der Waals surface area contributed by atoms with E-state index in [1.165, 1.54) is 22.5 Å². The van der Waals surface area contributed by atoms with Gasteiger partial charge in [0.05, 0.1) is 7.11 Å². The molecule has 0 aliphatic carbocycles. The van der Waals surface area contributed by atoms with Gasteiger partial charge in [0.2, 0.25) is 0 Å². The highest BCUT2D eigenvalue weighted by Gasteiger charge is 2.22. The van der Waals surface area contributed by atoms with Gasteiger partial charge >= 0.3 is 0 Å². The van der Waals surface area contributed by atoms with Crippen molar-refractivity contribution in [3.63, 3.8) is 0 Å². The van der Waals surface area contributed by atoms with Crippen LogP contribution in [0.3, 0.4) is 0 Å². The molecule has 5 heteroatoms. The first kappa shape index (κ1) is 21.4. The number of nitrogens with zero attached hydrogens (tertiary/aromatic N) is 2. The Morgan fingerprint density at radius 2 is 1.45 bits per heavy atom. The summed E-state index contributed by atoms with van der Waals surface area (Å²) in [6.45, 7) is 3.81. The molecule has 1 amide bonds. The van der Waals surface area contributed by atoms with Crippen molar-refractivity contribution in [1.82, 2.24) is 5.32 Å². The number of carbonyl (C=O) groups excluding carboxylic acids is 1. The molecule has 2 aliphatic rings. The average molecular weight is 442 g/mol. The van der Waals surface area contributed by atoms with Gasteiger partial charge in [0.15, 0.2) is 0 Å². The topological polar surface area (TPSA) is 44.8 Å². The second-order valence-electron chi connectivity index (χ2n) is 8.92. The van der Waals surface area contributed by atoms with Crippen LogP contribution in [0.2, 0.25) is 0 Å². The van der Waals surface area contributed by atoms with Crippen molar-refractivity contribution >= 4 is 17.3 Å². The van der Waals surface area contributed by atoms with E-state index in [2.05, 4.69) is 63.6 Å². The Balaban J connectivity index is 1.14. The summed E-state index contributed by atoms with van der Waals surface area (Å²) >= 11 is 0. The lowest BCUT2D eigenvalue weighted by atomic mass is 9.99. The Hall–Kier alpha value is -3.47. The summed E-state index contributed by atoms with van der Waals surface area (Å²) in [4.78, 5) is 17.6. The van der Waals surface area contributed by atoms with Crippen LogP contribution in [-0.2, 0) is 13.0 Å². The van der Waals surface area contributed by atoms with Crippen molar-refractivity contribution in [2.45, 2.75) is 31.8 Å². The fourth-order valence-electron chi connectivity index (χ4n) is 4.88. The minimum atomic E-state index is 0.0217. The Labute approximate surface area is 196 Å². The molecule has 170 valence electrons. The molecule has 1 N–H and O–H groups in total. The first-order valence-corrected chi connectivity index (χ1v) is 11.8. The van der Waals surface area contributed by atoms with Crippen molar-refractivity contribution in [1.29, 1.82) is 0 Å². The number of carbonyl (C=O) groups is 1. The van der Waals surface area contributed by atoms with Crippen molar-refractivity contribution in [3.05, 3.63) is 89.5 Å². The molecule has 0 radical (unpaired) electrons. The minimum Gasteiger partial charge on any atom is -0.497 e. The summed E-state index contributed by atoms with van der Waals surface area (Å²) in [5, 5.41) is 3.24. The zero-order chi connectivity index (χ0) is 22.6. The van der Waals surface area contributed by atoms with Gasteiger partial charge in [0, 0.05) is 49.2 Å². The monoisotopic (exact) mass is 441 g/mol. The molecule has 5 nitrogen and oxygen atoms in total. The van der Waals surface area contributed by atoms with Crippen molar-refractivity contribution < 1.29 is 9.53 Å². The Kier molecular flexibility index (Phi) is 6.20. The van der Waals surface area contributed by atoms with Crippen LogP contribution in [0.25, 0.3) is 0 Å². The van der Waals surface area contributed by atoms with E-state index in [0.29, 0.717) is 0 Å². The molecule has 0 atom stereocenters. The molecule has 3 aromatic rings. The summed E-state index contributed by atoms with van der Waals surface area (Å²) in [5.41, 5.74) is 5.95. The number of rotatable bonds is 5. The van der Waals surface area contributed by atoms with E-state index in [1.54, 1.807) is 7.11 Å². The molecule has 0 unspecified atom stereocenters. The number of ether oxygens (including phenoxy) is 1. The highest BCUT2D eigenvalue weighted by molar-refractivity contribution is 5.94. The highest BCUT2D eigenvalue weighted by atomic mass is 16.5. The van der Waals surface area contributed by atoms with E-state index in [-0.39, 0.29) is 11.9 Å². The van der Waals surface area contributed by atoms with Crippen LogP contribution in [-0.4, -0.2) is 38.7 Å². The molecular weight excluding hydrogens is 410 g/mol. The van der Waals surface area contributed by atoms with Crippen molar-refractivity contribution in [3.8, 4) is 5.75 Å². The van der Waals surface area contributed by atoms with Crippen LogP contribution < -0.4 is 19.9 Å². The second-order valence-corrected chi connectivity index (χ2v) is 8.92. The third-order valence-electron chi connectivity index (χ3n) is 6.89. The van der Waals surface area contributed by atoms with Gasteiger partial charge in [-0.25, -0.2) is 0 Å². The lowest BCUT2D eigenvalue weighted by Crippen LogP contribution is -2.44. The molecule has 1 saturated heterocycles. The molecule has 5 rings (SSSR count). The van der Waals surface area contributed by atoms with E-state index in [4.69, 9.17) is 4.74 Å². The highest BCUT2D eigenvalue weighted by Crippen LogP contribution is 2.25. The van der Waals surface area contributed by atoms with Gasteiger partial charge in [-0.1, -0.05) is 24.3 Å². The van der Waals surface area contributed by atoms with E-state index in [9.17, 15) is 4.79 Å². The zero-order valence-corrected chi connectivity index (χ0v) is 19.2. The molecule has 2 aliphatic heterocycles. The third-order valence-corrected chi connectivity index (χ3v) is 6.89. The molecule has 0 aromatic heterocycles. The molecule has 0 bridgehead atoms. The van der Waals surface area contributed by atoms with E-state index >= 15 is 0 Å². The maximum atomic E-state index is 12.8. The second kappa shape index (κ2) is 9.57. The molecule has 2 heterocycles. The first-order chi connectivity index (χ1) is 16.2. The number of benzene rings is 3. The van der Waals surface area contributed by atoms with Gasteiger partial charge in [-0.3, -0.25) is 4.79 Å². The SMILES string of the molecule is COc1ccc(N2CCC(NC(=O)c3ccc(N4CCc5ccccc5C4)cc3)CC2)cc1. The number of hydrogen-bond acceptors (Lipinski definition) is 4. The van der Waals surface area contributed by atoms with Gasteiger partial charge in [-0.2, -0.15) is 0 Å². The number of methoxy groups -OCH3 is 1. The fourth-order valence-corrected chi connectivity index (χ4v) is 4.88. The normalized spacial score (nSPS) is 16.3. The smallest absolute Gasteiger partial charge is 0.251 e. The Bertz CT molecular complexity index is 1090. The van der Waals surface area contributed by atoms with Gasteiger partial charge < -0.3 is 19.9 Å². The quantitative estimate of drug-likeness (QED) is 0.626. The summed E-state index contributed by atoms with van der Waals surface area (Å²) in [5.74, 6) is 0.894. The lowest BCUT2D eigenvalue weighted by molar-refractivity contribution is 0.0931. The fraction of sp³-hybridized carbons (Fsp3) is 0.321. The number of piperidine rings is 1. The van der Waals surface area contributed by atoms with Crippen LogP contribution in [0.15, 0.2) is 72.8 Å². The van der Waals surface area contributed by atoms with Crippen LogP contribution >= 0.6 is 0 Å². The average Bonchev–Trinajstić information content (AvgIpc) is 2.89. The van der Waals surface area contributed by atoms with Crippen molar-refractivity contribution in [2.75, 3.05) is 36.5 Å². The number of anilines is 2. The van der Waals surface area contributed by atoms with Gasteiger partial charge in [0.1, 0.15) is 5.75 Å². The zero-order valence-electron chi connectivity index (χ0n) is 19.2. The predicted octanol–water partition coefficient (Wildman–Crippen LogP) is 4.66. The van der Waals surface area contributed by atoms with Crippen LogP contribution in [0.1, 0.15) is 34.3 Å². The number of nitrogens with one attached hydrogen (secondary N) is 1. The predicted molar refractivity (Wildman–Crippen MR) is 133 cm³/mol. The summed E-state index contributed by atoms with van der Waals surface area (Å²) < 4.78 is 5.25. The molecule has 0 spiro atoms. The summed E-state index contributed by atoms with van der Waals surface area (Å²) in [6.07, 6.45) is 2.96. The van der Waals surface area contributed by atoms with E-state index in [0.717, 1.165) is 56.8 Å². The largest absolute Gasteiger partial charge is 0.497 e. The van der Waals surface area contributed by atoms with E-state index < -0.39 is 0 Å². The van der Waals surface area contributed by atoms with Gasteiger partial charge in [0.25, 0.3) is 5.91 Å². The lowest BCUT2D eigenvalue weighted by Gasteiger charge is -2.34. The first-order valence-electron chi connectivity index (χ1n) is 11.8. The maximum Gasteiger partial charge on any atom is 0.251 e. The Morgan fingerprint density at radius 1 is 0.818 bits per heavy atom. The number of amides is 1. The number of fused-ring (bicyclic) bond motifs is 1. The van der Waals surface area contributed by atoms with Crippen LogP contribution in [0.5, 0.6) is 5.75 Å². The standard InChI is InChI=1S/C28H31N3O2/c1-33-27-12-10-25(11-13-27)30-18-15-24(16-19-30)29-28(32)22-6-8-26(9-7-22)31-17-14-21-4-2-3-5-23(21)20-31/h2-13,24H,14-20H2,1H3,(H,29,32). The molecule has 33 heavy (non-hydrogen) atoms. The van der Waals surface area contributed by atoms with Gasteiger partial charge in [-0.15, -0.1) is 0 Å².